The van der Waals surface area contributed by atoms with Crippen molar-refractivity contribution in [2.24, 2.45) is 0 Å². The number of nitrogens with zero attached hydrogens (tertiary/aromatic N) is 2. The number of hydrogen-bond acceptors (Lipinski definition) is 4. The topological polar surface area (TPSA) is 62.3 Å². The molecule has 1 atom stereocenters. The molecule has 1 N–H and O–H groups in total. The summed E-state index contributed by atoms with van der Waals surface area (Å²) in [5, 5.41) is 2.79. The number of carbonyl (C=O) groups is 2. The summed E-state index contributed by atoms with van der Waals surface area (Å²) in [6, 6.07) is 9.69. The summed E-state index contributed by atoms with van der Waals surface area (Å²) in [6.07, 6.45) is 7.34. The van der Waals surface area contributed by atoms with E-state index in [1.165, 1.54) is 19.0 Å². The number of aldehydes is 1. The van der Waals surface area contributed by atoms with Crippen LogP contribution in [0.2, 0.25) is 0 Å². The Hall–Kier alpha value is -2.53. The molecule has 2 aromatic rings. The van der Waals surface area contributed by atoms with Gasteiger partial charge in [0.15, 0.2) is 6.29 Å². The first-order valence-electron chi connectivity index (χ1n) is 8.71. The Kier molecular flexibility index (Phi) is 5.56. The maximum absolute atomic E-state index is 12.2. The van der Waals surface area contributed by atoms with Crippen molar-refractivity contribution in [3.8, 4) is 0 Å². The van der Waals surface area contributed by atoms with E-state index in [4.69, 9.17) is 0 Å². The number of rotatable bonds is 6. The van der Waals surface area contributed by atoms with E-state index in [1.54, 1.807) is 24.4 Å². The van der Waals surface area contributed by atoms with Crippen LogP contribution in [0.15, 0.2) is 42.7 Å². The molecule has 3 rings (SSSR count). The maximum Gasteiger partial charge on any atom is 0.257 e. The van der Waals surface area contributed by atoms with Crippen LogP contribution in [-0.2, 0) is 6.42 Å². The largest absolute Gasteiger partial charge is 0.321 e. The summed E-state index contributed by atoms with van der Waals surface area (Å²) in [7, 11) is 0. The molecule has 1 aliphatic heterocycles. The molecule has 0 bridgehead atoms. The Balaban J connectivity index is 1.67. The van der Waals surface area contributed by atoms with Crippen molar-refractivity contribution in [1.29, 1.82) is 0 Å². The van der Waals surface area contributed by atoms with E-state index >= 15 is 0 Å². The standard InChI is InChI=1S/C20H23N3O2/c1-15-4-3-10-23(15)11-8-16-6-7-19(18(12-16)14-24)22-20(25)17-5-2-9-21-13-17/h2,5-7,9,12-15H,3-4,8,10-11H2,1H3,(H,22,25)/t15-/m1/s1. The van der Waals surface area contributed by atoms with E-state index in [0.29, 0.717) is 22.9 Å². The van der Waals surface area contributed by atoms with Gasteiger partial charge in [0.05, 0.1) is 11.3 Å². The summed E-state index contributed by atoms with van der Waals surface area (Å²) >= 11 is 0. The number of nitrogens with one attached hydrogen (secondary N) is 1. The fourth-order valence-corrected chi connectivity index (χ4v) is 3.27. The van der Waals surface area contributed by atoms with Crippen molar-refractivity contribution in [2.75, 3.05) is 18.4 Å². The zero-order valence-electron chi connectivity index (χ0n) is 14.4. The number of likely N-dealkylation sites (tertiary alicyclic amines) is 1. The van der Waals surface area contributed by atoms with Crippen LogP contribution in [0.1, 0.15) is 46.0 Å². The molecule has 1 amide bonds. The summed E-state index contributed by atoms with van der Waals surface area (Å²) in [5.74, 6) is -0.269. The number of anilines is 1. The first-order valence-corrected chi connectivity index (χ1v) is 8.71. The average molecular weight is 337 g/mol. The highest BCUT2D eigenvalue weighted by Crippen LogP contribution is 2.20. The second-order valence-corrected chi connectivity index (χ2v) is 6.51. The first-order chi connectivity index (χ1) is 12.2. The Morgan fingerprint density at radius 2 is 2.28 bits per heavy atom. The molecule has 0 unspecified atom stereocenters. The molecule has 1 saturated heterocycles. The molecule has 5 nitrogen and oxygen atoms in total. The highest BCUT2D eigenvalue weighted by Gasteiger charge is 2.19. The average Bonchev–Trinajstić information content (AvgIpc) is 3.06. The molecule has 5 heteroatoms. The molecule has 25 heavy (non-hydrogen) atoms. The fraction of sp³-hybridized carbons (Fsp3) is 0.350. The van der Waals surface area contributed by atoms with Crippen LogP contribution in [0.25, 0.3) is 0 Å². The summed E-state index contributed by atoms with van der Waals surface area (Å²) in [5.41, 5.74) is 2.61. The van der Waals surface area contributed by atoms with Crippen LogP contribution in [0.3, 0.4) is 0 Å². The Bertz CT molecular complexity index is 746. The summed E-state index contributed by atoms with van der Waals surface area (Å²) < 4.78 is 0. The third-order valence-electron chi connectivity index (χ3n) is 4.79. The third kappa shape index (κ3) is 4.31. The predicted octanol–water partition coefficient (Wildman–Crippen LogP) is 3.17. The van der Waals surface area contributed by atoms with Gasteiger partial charge in [-0.1, -0.05) is 6.07 Å². The van der Waals surface area contributed by atoms with Crippen molar-refractivity contribution < 1.29 is 9.59 Å². The lowest BCUT2D eigenvalue weighted by atomic mass is 10.1. The van der Waals surface area contributed by atoms with Gasteiger partial charge in [-0.15, -0.1) is 0 Å². The van der Waals surface area contributed by atoms with Gasteiger partial charge >= 0.3 is 0 Å². The molecular formula is C20H23N3O2. The predicted molar refractivity (Wildman–Crippen MR) is 98.0 cm³/mol. The molecule has 0 radical (unpaired) electrons. The summed E-state index contributed by atoms with van der Waals surface area (Å²) in [6.45, 7) is 4.42. The minimum atomic E-state index is -0.269. The van der Waals surface area contributed by atoms with E-state index in [1.807, 2.05) is 12.1 Å². The smallest absolute Gasteiger partial charge is 0.257 e. The second-order valence-electron chi connectivity index (χ2n) is 6.51. The number of benzene rings is 1. The number of hydrogen-bond donors (Lipinski definition) is 1. The molecule has 1 fully saturated rings. The highest BCUT2D eigenvalue weighted by atomic mass is 16.1. The van der Waals surface area contributed by atoms with E-state index in [9.17, 15) is 9.59 Å². The van der Waals surface area contributed by atoms with Crippen LogP contribution in [0.5, 0.6) is 0 Å². The molecule has 0 aliphatic carbocycles. The normalized spacial score (nSPS) is 17.4. The van der Waals surface area contributed by atoms with Crippen LogP contribution >= 0.6 is 0 Å². The Morgan fingerprint density at radius 3 is 2.96 bits per heavy atom. The van der Waals surface area contributed by atoms with Gasteiger partial charge in [-0.3, -0.25) is 14.6 Å². The maximum atomic E-state index is 12.2. The number of aromatic nitrogens is 1. The van der Waals surface area contributed by atoms with E-state index in [0.717, 1.165) is 31.4 Å². The lowest BCUT2D eigenvalue weighted by Crippen LogP contribution is -2.29. The molecule has 130 valence electrons. The van der Waals surface area contributed by atoms with Gasteiger partial charge in [0.25, 0.3) is 5.91 Å². The molecule has 1 aliphatic rings. The minimum Gasteiger partial charge on any atom is -0.321 e. The van der Waals surface area contributed by atoms with Gasteiger partial charge in [-0.25, -0.2) is 0 Å². The van der Waals surface area contributed by atoms with E-state index < -0.39 is 0 Å². The molecule has 1 aromatic carbocycles. The van der Waals surface area contributed by atoms with E-state index in [2.05, 4.69) is 22.1 Å². The van der Waals surface area contributed by atoms with E-state index in [-0.39, 0.29) is 5.91 Å². The van der Waals surface area contributed by atoms with Gasteiger partial charge < -0.3 is 10.2 Å². The van der Waals surface area contributed by atoms with Crippen LogP contribution in [0.4, 0.5) is 5.69 Å². The van der Waals surface area contributed by atoms with Crippen molar-refractivity contribution in [3.05, 3.63) is 59.4 Å². The number of amides is 1. The SMILES string of the molecule is C[C@@H]1CCCN1CCc1ccc(NC(=O)c2cccnc2)c(C=O)c1. The minimum absolute atomic E-state index is 0.269. The second kappa shape index (κ2) is 8.03. The van der Waals surface area contributed by atoms with Gasteiger partial charge in [0.1, 0.15) is 0 Å². The molecule has 1 aromatic heterocycles. The zero-order chi connectivity index (χ0) is 17.6. The molecule has 0 saturated carbocycles. The van der Waals surface area contributed by atoms with Gasteiger partial charge in [-0.05, 0) is 62.6 Å². The Morgan fingerprint density at radius 1 is 1.40 bits per heavy atom. The van der Waals surface area contributed by atoms with Crippen LogP contribution < -0.4 is 5.32 Å². The van der Waals surface area contributed by atoms with Gasteiger partial charge in [0.2, 0.25) is 0 Å². The zero-order valence-corrected chi connectivity index (χ0v) is 14.4. The third-order valence-corrected chi connectivity index (χ3v) is 4.79. The van der Waals surface area contributed by atoms with Crippen molar-refractivity contribution in [2.45, 2.75) is 32.2 Å². The number of pyridine rings is 1. The van der Waals surface area contributed by atoms with Crippen LogP contribution in [-0.4, -0.2) is 41.2 Å². The quantitative estimate of drug-likeness (QED) is 0.823. The van der Waals surface area contributed by atoms with Gasteiger partial charge in [-0.2, -0.15) is 0 Å². The monoisotopic (exact) mass is 337 g/mol. The summed E-state index contributed by atoms with van der Waals surface area (Å²) in [4.78, 5) is 30.1. The lowest BCUT2D eigenvalue weighted by molar-refractivity contribution is 0.102. The van der Waals surface area contributed by atoms with Crippen molar-refractivity contribution >= 4 is 17.9 Å². The van der Waals surface area contributed by atoms with Gasteiger partial charge in [0, 0.05) is 30.5 Å². The lowest BCUT2D eigenvalue weighted by Gasteiger charge is -2.21. The van der Waals surface area contributed by atoms with Crippen molar-refractivity contribution in [1.82, 2.24) is 9.88 Å². The molecular weight excluding hydrogens is 314 g/mol. The van der Waals surface area contributed by atoms with Crippen LogP contribution in [0, 0.1) is 0 Å². The highest BCUT2D eigenvalue weighted by molar-refractivity contribution is 6.06. The number of carbonyl (C=O) groups excluding carboxylic acids is 2. The molecule has 0 spiro atoms. The Labute approximate surface area is 148 Å². The fourth-order valence-electron chi connectivity index (χ4n) is 3.27. The van der Waals surface area contributed by atoms with Crippen molar-refractivity contribution in [3.63, 3.8) is 0 Å². The molecule has 2 heterocycles. The first kappa shape index (κ1) is 17.3.